The molecule has 1 fully saturated rings. The van der Waals surface area contributed by atoms with Gasteiger partial charge in [0.2, 0.25) is 17.7 Å². The highest BCUT2D eigenvalue weighted by Gasteiger charge is 2.48. The minimum atomic E-state index is -1.69. The number of likely N-dealkylation sites (tertiary alicyclic amines) is 1. The van der Waals surface area contributed by atoms with Crippen LogP contribution in [-0.2, 0) is 37.5 Å². The summed E-state index contributed by atoms with van der Waals surface area (Å²) in [5.41, 5.74) is 4.05. The molecule has 1 aliphatic carbocycles. The van der Waals surface area contributed by atoms with Crippen molar-refractivity contribution in [3.63, 3.8) is 0 Å². The number of fused-ring (bicyclic) bond motifs is 5. The first-order valence-corrected chi connectivity index (χ1v) is 17.5. The SMILES string of the molecule is CNC(=O)CCSC1CC(=O)N(C(NC(=O)O[C@H]2CC/C=C/CCC2)C(=O)N2Cc3ccccc3-c3nnn(C)c3-c3ccccc32)C1=O. The number of benzene rings is 2. The average Bonchev–Trinajstić information content (AvgIpc) is 3.59. The van der Waals surface area contributed by atoms with Crippen LogP contribution in [0.5, 0.6) is 0 Å². The maximum absolute atomic E-state index is 14.9. The second-order valence-corrected chi connectivity index (χ2v) is 13.5. The standard InChI is InChI=1S/C35H39N7O6S/c1-36-28(43)18-19-49-27-20-29(44)42(33(27)45)32(37-35(47)48-23-13-6-4-3-5-7-14-23)34(46)41-21-22-12-8-9-15-24(22)30-31(40(2)39-38-30)25-16-10-11-17-26(25)41/h3-4,8-12,15-17,23,27,32H,5-7,13-14,18-21H2,1-2H3,(H,36,43)(H,37,47)/b4-3+/t23-,27?,32?/m0/s1. The topological polar surface area (TPSA) is 156 Å². The number of amides is 5. The molecule has 3 aliphatic rings. The van der Waals surface area contributed by atoms with Crippen LogP contribution in [0.2, 0.25) is 0 Å². The van der Waals surface area contributed by atoms with Crippen molar-refractivity contribution in [2.45, 2.75) is 69.0 Å². The highest BCUT2D eigenvalue weighted by molar-refractivity contribution is 8.00. The Morgan fingerprint density at radius 3 is 2.59 bits per heavy atom. The molecule has 49 heavy (non-hydrogen) atoms. The van der Waals surface area contributed by atoms with E-state index in [2.05, 4.69) is 33.1 Å². The number of thioether (sulfide) groups is 1. The Hall–Kier alpha value is -4.98. The van der Waals surface area contributed by atoms with Crippen LogP contribution in [0.4, 0.5) is 10.5 Å². The first-order valence-electron chi connectivity index (χ1n) is 16.5. The third kappa shape index (κ3) is 7.24. The van der Waals surface area contributed by atoms with Crippen molar-refractivity contribution in [1.82, 2.24) is 30.5 Å². The molecule has 3 atom stereocenters. The molecule has 5 amide bonds. The lowest BCUT2D eigenvalue weighted by atomic mass is 9.95. The van der Waals surface area contributed by atoms with Crippen molar-refractivity contribution in [2.24, 2.45) is 7.05 Å². The van der Waals surface area contributed by atoms with Crippen LogP contribution in [0, 0.1) is 0 Å². The maximum atomic E-state index is 14.9. The molecule has 0 radical (unpaired) electrons. The normalized spacial score (nSPS) is 20.0. The van der Waals surface area contributed by atoms with E-state index in [4.69, 9.17) is 4.74 Å². The van der Waals surface area contributed by atoms with Gasteiger partial charge in [-0.15, -0.1) is 16.9 Å². The number of ether oxygens (including phenoxy) is 1. The lowest BCUT2D eigenvalue weighted by molar-refractivity contribution is -0.146. The van der Waals surface area contributed by atoms with Gasteiger partial charge < -0.3 is 15.0 Å². The third-order valence-electron chi connectivity index (χ3n) is 8.95. The van der Waals surface area contributed by atoms with Crippen molar-refractivity contribution < 1.29 is 28.7 Å². The fourth-order valence-corrected chi connectivity index (χ4v) is 7.56. The van der Waals surface area contributed by atoms with Crippen LogP contribution < -0.4 is 15.5 Å². The van der Waals surface area contributed by atoms with Gasteiger partial charge in [-0.1, -0.05) is 59.8 Å². The second kappa shape index (κ2) is 15.1. The van der Waals surface area contributed by atoms with E-state index >= 15 is 0 Å². The van der Waals surface area contributed by atoms with Crippen molar-refractivity contribution in [1.29, 1.82) is 0 Å². The summed E-state index contributed by atoms with van der Waals surface area (Å²) in [5.74, 6) is -1.78. The molecule has 13 nitrogen and oxygen atoms in total. The molecule has 0 saturated carbocycles. The summed E-state index contributed by atoms with van der Waals surface area (Å²) < 4.78 is 7.45. The monoisotopic (exact) mass is 685 g/mol. The fourth-order valence-electron chi connectivity index (χ4n) is 6.46. The molecule has 2 aromatic carbocycles. The van der Waals surface area contributed by atoms with Crippen LogP contribution >= 0.6 is 11.8 Å². The van der Waals surface area contributed by atoms with Gasteiger partial charge >= 0.3 is 6.09 Å². The van der Waals surface area contributed by atoms with Gasteiger partial charge in [-0.25, -0.2) is 9.48 Å². The van der Waals surface area contributed by atoms with E-state index < -0.39 is 35.2 Å². The van der Waals surface area contributed by atoms with Crippen LogP contribution in [0.15, 0.2) is 60.7 Å². The van der Waals surface area contributed by atoms with Crippen molar-refractivity contribution in [3.8, 4) is 22.5 Å². The zero-order chi connectivity index (χ0) is 34.5. The van der Waals surface area contributed by atoms with Gasteiger partial charge in [0.25, 0.3) is 5.91 Å². The van der Waals surface area contributed by atoms with Gasteiger partial charge in [0, 0.05) is 43.8 Å². The van der Waals surface area contributed by atoms with Crippen molar-refractivity contribution >= 4 is 47.2 Å². The summed E-state index contributed by atoms with van der Waals surface area (Å²) in [7, 11) is 3.30. The molecule has 0 bridgehead atoms. The number of carbonyl (C=O) groups excluding carboxylic acids is 5. The summed E-state index contributed by atoms with van der Waals surface area (Å²) in [5, 5.41) is 13.1. The van der Waals surface area contributed by atoms with Gasteiger partial charge in [-0.05, 0) is 43.7 Å². The predicted molar refractivity (Wildman–Crippen MR) is 184 cm³/mol. The largest absolute Gasteiger partial charge is 0.446 e. The molecule has 6 rings (SSSR count). The molecular weight excluding hydrogens is 646 g/mol. The minimum absolute atomic E-state index is 0.0603. The zero-order valence-electron chi connectivity index (χ0n) is 27.5. The fraction of sp³-hybridized carbons (Fsp3) is 0.400. The Kier molecular flexibility index (Phi) is 10.4. The first-order chi connectivity index (χ1) is 23.8. The molecule has 3 heterocycles. The number of hydrogen-bond acceptors (Lipinski definition) is 9. The number of imide groups is 1. The van der Waals surface area contributed by atoms with Gasteiger partial charge in [0.15, 0.2) is 6.17 Å². The molecule has 256 valence electrons. The second-order valence-electron chi connectivity index (χ2n) is 12.2. The molecule has 3 aromatic rings. The average molecular weight is 686 g/mol. The Balaban J connectivity index is 1.37. The lowest BCUT2D eigenvalue weighted by Gasteiger charge is -2.34. The van der Waals surface area contributed by atoms with E-state index in [1.54, 1.807) is 23.9 Å². The van der Waals surface area contributed by atoms with E-state index in [1.165, 1.54) is 23.7 Å². The van der Waals surface area contributed by atoms with E-state index in [0.29, 0.717) is 41.2 Å². The highest BCUT2D eigenvalue weighted by atomic mass is 32.2. The first kappa shape index (κ1) is 33.9. The van der Waals surface area contributed by atoms with E-state index in [9.17, 15) is 24.0 Å². The van der Waals surface area contributed by atoms with E-state index in [0.717, 1.165) is 35.3 Å². The minimum Gasteiger partial charge on any atom is -0.446 e. The van der Waals surface area contributed by atoms with Gasteiger partial charge in [-0.3, -0.25) is 29.4 Å². The Labute approximate surface area is 288 Å². The number of aryl methyl sites for hydroxylation is 1. The number of carbonyl (C=O) groups is 5. The Bertz CT molecular complexity index is 1790. The molecule has 2 N–H and O–H groups in total. The summed E-state index contributed by atoms with van der Waals surface area (Å²) in [6.45, 7) is 0.0603. The number of anilines is 1. The number of alkyl carbamates (subject to hydrolysis) is 1. The molecule has 1 saturated heterocycles. The lowest BCUT2D eigenvalue weighted by Crippen LogP contribution is -2.60. The van der Waals surface area contributed by atoms with Gasteiger partial charge in [0.1, 0.15) is 11.8 Å². The molecule has 1 aromatic heterocycles. The van der Waals surface area contributed by atoms with Crippen molar-refractivity contribution in [2.75, 3.05) is 17.7 Å². The molecule has 0 spiro atoms. The quantitative estimate of drug-likeness (QED) is 0.265. The van der Waals surface area contributed by atoms with E-state index in [1.807, 2.05) is 36.4 Å². The number of aromatic nitrogens is 3. The number of para-hydroxylation sites is 1. The number of nitrogens with zero attached hydrogens (tertiary/aromatic N) is 5. The van der Waals surface area contributed by atoms with Gasteiger partial charge in [0.05, 0.1) is 23.2 Å². The molecular formula is C35H39N7O6S. The summed E-state index contributed by atoms with van der Waals surface area (Å²) in [6.07, 6.45) is 4.94. The number of rotatable bonds is 8. The predicted octanol–water partition coefficient (Wildman–Crippen LogP) is 3.93. The summed E-state index contributed by atoms with van der Waals surface area (Å²) in [6, 6.07) is 14.8. The number of allylic oxidation sites excluding steroid dienone is 2. The summed E-state index contributed by atoms with van der Waals surface area (Å²) in [4.78, 5) is 70.1. The summed E-state index contributed by atoms with van der Waals surface area (Å²) >= 11 is 1.18. The maximum Gasteiger partial charge on any atom is 0.409 e. The number of hydrogen-bond donors (Lipinski definition) is 2. The highest BCUT2D eigenvalue weighted by Crippen LogP contribution is 2.41. The van der Waals surface area contributed by atoms with Crippen LogP contribution in [0.3, 0.4) is 0 Å². The molecule has 2 unspecified atom stereocenters. The molecule has 14 heteroatoms. The Morgan fingerprint density at radius 1 is 1.02 bits per heavy atom. The third-order valence-corrected chi connectivity index (χ3v) is 10.2. The van der Waals surface area contributed by atoms with E-state index in [-0.39, 0.29) is 31.4 Å². The zero-order valence-corrected chi connectivity index (χ0v) is 28.3. The van der Waals surface area contributed by atoms with Crippen molar-refractivity contribution in [3.05, 3.63) is 66.2 Å². The smallest absolute Gasteiger partial charge is 0.409 e. The van der Waals surface area contributed by atoms with Crippen LogP contribution in [0.1, 0.15) is 50.5 Å². The number of nitrogens with one attached hydrogen (secondary N) is 2. The Morgan fingerprint density at radius 2 is 1.78 bits per heavy atom. The van der Waals surface area contributed by atoms with Crippen LogP contribution in [0.25, 0.3) is 22.5 Å². The molecule has 2 aliphatic heterocycles. The van der Waals surface area contributed by atoms with Gasteiger partial charge in [-0.2, -0.15) is 0 Å². The van der Waals surface area contributed by atoms with Crippen LogP contribution in [-0.4, -0.2) is 79.9 Å².